The summed E-state index contributed by atoms with van der Waals surface area (Å²) in [4.78, 5) is 24.0. The molecule has 0 aromatic carbocycles. The third-order valence-electron chi connectivity index (χ3n) is 2.77. The first-order valence-electron chi connectivity index (χ1n) is 5.74. The Morgan fingerprint density at radius 3 is 2.88 bits per heavy atom. The molecule has 0 aromatic rings. The lowest BCUT2D eigenvalue weighted by Gasteiger charge is -2.12. The van der Waals surface area contributed by atoms with Crippen LogP contribution >= 0.6 is 0 Å². The van der Waals surface area contributed by atoms with Crippen molar-refractivity contribution in [3.05, 3.63) is 0 Å². The highest BCUT2D eigenvalue weighted by Crippen LogP contribution is 2.13. The first-order chi connectivity index (χ1) is 7.52. The summed E-state index contributed by atoms with van der Waals surface area (Å²) in [5.74, 6) is 0.0277. The van der Waals surface area contributed by atoms with Gasteiger partial charge in [0, 0.05) is 19.5 Å². The minimum Gasteiger partial charge on any atom is -0.444 e. The molecule has 2 amide bonds. The normalized spacial score (nSPS) is 21.8. The molecule has 0 aliphatic carbocycles. The summed E-state index contributed by atoms with van der Waals surface area (Å²) in [6, 6.07) is 0.210. The van der Waals surface area contributed by atoms with E-state index in [1.165, 1.54) is 4.90 Å². The van der Waals surface area contributed by atoms with Gasteiger partial charge in [0.15, 0.2) is 0 Å². The molecule has 1 fully saturated rings. The van der Waals surface area contributed by atoms with Gasteiger partial charge in [-0.3, -0.25) is 4.79 Å². The van der Waals surface area contributed by atoms with Gasteiger partial charge in [-0.25, -0.2) is 4.79 Å². The fourth-order valence-electron chi connectivity index (χ4n) is 1.54. The van der Waals surface area contributed by atoms with E-state index < -0.39 is 0 Å². The van der Waals surface area contributed by atoms with Gasteiger partial charge in [0.1, 0.15) is 6.10 Å². The van der Waals surface area contributed by atoms with Crippen molar-refractivity contribution in [2.45, 2.75) is 45.3 Å². The van der Waals surface area contributed by atoms with E-state index in [1.807, 2.05) is 13.8 Å². The Morgan fingerprint density at radius 2 is 2.38 bits per heavy atom. The van der Waals surface area contributed by atoms with Crippen molar-refractivity contribution in [2.24, 2.45) is 0 Å². The largest absolute Gasteiger partial charge is 0.444 e. The minimum atomic E-state index is -0.299. The maximum atomic E-state index is 11.5. The molecule has 2 atom stereocenters. The number of nitrogens with one attached hydrogen (secondary N) is 1. The standard InChI is InChI=1S/C11H20N2O3/c1-4-8(2)12-10(14)6-5-9-7-13(3)11(15)16-9/h8-9H,4-7H2,1-3H3,(H,12,14). The lowest BCUT2D eigenvalue weighted by molar-refractivity contribution is -0.122. The van der Waals surface area contributed by atoms with Gasteiger partial charge < -0.3 is 15.0 Å². The maximum absolute atomic E-state index is 11.5. The van der Waals surface area contributed by atoms with Gasteiger partial charge in [0.2, 0.25) is 5.91 Å². The minimum absolute atomic E-state index is 0.0277. The molecule has 5 heteroatoms. The molecule has 5 nitrogen and oxygen atoms in total. The predicted molar refractivity (Wildman–Crippen MR) is 60.0 cm³/mol. The van der Waals surface area contributed by atoms with Crippen LogP contribution in [0.25, 0.3) is 0 Å². The van der Waals surface area contributed by atoms with Crippen molar-refractivity contribution < 1.29 is 14.3 Å². The molecule has 1 saturated heterocycles. The van der Waals surface area contributed by atoms with Crippen LogP contribution in [0.15, 0.2) is 0 Å². The van der Waals surface area contributed by atoms with E-state index in [-0.39, 0.29) is 24.1 Å². The highest BCUT2D eigenvalue weighted by molar-refractivity contribution is 5.76. The average Bonchev–Trinajstić information content (AvgIpc) is 2.55. The van der Waals surface area contributed by atoms with E-state index in [0.717, 1.165) is 6.42 Å². The van der Waals surface area contributed by atoms with Crippen molar-refractivity contribution in [2.75, 3.05) is 13.6 Å². The molecule has 0 bridgehead atoms. The van der Waals surface area contributed by atoms with E-state index >= 15 is 0 Å². The second kappa shape index (κ2) is 5.72. The van der Waals surface area contributed by atoms with Crippen LogP contribution in [0.4, 0.5) is 4.79 Å². The molecule has 0 aromatic heterocycles. The molecule has 92 valence electrons. The fourth-order valence-corrected chi connectivity index (χ4v) is 1.54. The first-order valence-corrected chi connectivity index (χ1v) is 5.74. The van der Waals surface area contributed by atoms with E-state index in [0.29, 0.717) is 19.4 Å². The zero-order valence-corrected chi connectivity index (χ0v) is 10.2. The molecule has 1 heterocycles. The molecule has 1 aliphatic rings. The second-order valence-electron chi connectivity index (χ2n) is 4.30. The van der Waals surface area contributed by atoms with Gasteiger partial charge in [-0.15, -0.1) is 0 Å². The summed E-state index contributed by atoms with van der Waals surface area (Å²) >= 11 is 0. The molecule has 0 saturated carbocycles. The third-order valence-corrected chi connectivity index (χ3v) is 2.77. The highest BCUT2D eigenvalue weighted by Gasteiger charge is 2.28. The second-order valence-corrected chi connectivity index (χ2v) is 4.30. The van der Waals surface area contributed by atoms with Crippen molar-refractivity contribution in [1.82, 2.24) is 10.2 Å². The molecule has 16 heavy (non-hydrogen) atoms. The van der Waals surface area contributed by atoms with Gasteiger partial charge >= 0.3 is 6.09 Å². The molecular weight excluding hydrogens is 208 g/mol. The van der Waals surface area contributed by atoms with Crippen LogP contribution in [-0.2, 0) is 9.53 Å². The number of hydrogen-bond donors (Lipinski definition) is 1. The van der Waals surface area contributed by atoms with E-state index in [4.69, 9.17) is 4.74 Å². The number of amides is 2. The van der Waals surface area contributed by atoms with Crippen LogP contribution < -0.4 is 5.32 Å². The van der Waals surface area contributed by atoms with Crippen LogP contribution in [-0.4, -0.2) is 42.6 Å². The SMILES string of the molecule is CCC(C)NC(=O)CCC1CN(C)C(=O)O1. The van der Waals surface area contributed by atoms with Gasteiger partial charge in [0.05, 0.1) is 6.54 Å². The van der Waals surface area contributed by atoms with E-state index in [1.54, 1.807) is 7.05 Å². The number of likely N-dealkylation sites (N-methyl/N-ethyl adjacent to an activating group) is 1. The van der Waals surface area contributed by atoms with Crippen LogP contribution in [0.1, 0.15) is 33.1 Å². The Labute approximate surface area is 96.1 Å². The molecular formula is C11H20N2O3. The molecule has 1 aliphatic heterocycles. The number of ether oxygens (including phenoxy) is 1. The van der Waals surface area contributed by atoms with Crippen LogP contribution in [0.5, 0.6) is 0 Å². The summed E-state index contributed by atoms with van der Waals surface area (Å²) in [7, 11) is 1.70. The highest BCUT2D eigenvalue weighted by atomic mass is 16.6. The average molecular weight is 228 g/mol. The number of carbonyl (C=O) groups is 2. The Kier molecular flexibility index (Phi) is 4.58. The summed E-state index contributed by atoms with van der Waals surface area (Å²) in [6.07, 6.45) is 1.49. The van der Waals surface area contributed by atoms with Crippen molar-refractivity contribution in [3.63, 3.8) is 0 Å². The molecule has 1 N–H and O–H groups in total. The summed E-state index contributed by atoms with van der Waals surface area (Å²) in [6.45, 7) is 4.58. The monoisotopic (exact) mass is 228 g/mol. The van der Waals surface area contributed by atoms with E-state index in [9.17, 15) is 9.59 Å². The number of cyclic esters (lactones) is 1. The van der Waals surface area contributed by atoms with Crippen LogP contribution in [0.3, 0.4) is 0 Å². The maximum Gasteiger partial charge on any atom is 0.409 e. The zero-order chi connectivity index (χ0) is 12.1. The van der Waals surface area contributed by atoms with E-state index in [2.05, 4.69) is 5.32 Å². The smallest absolute Gasteiger partial charge is 0.409 e. The van der Waals surface area contributed by atoms with Crippen molar-refractivity contribution in [3.8, 4) is 0 Å². The number of nitrogens with zero attached hydrogens (tertiary/aromatic N) is 1. The summed E-state index contributed by atoms with van der Waals surface area (Å²) in [5, 5.41) is 2.88. The molecule has 2 unspecified atom stereocenters. The van der Waals surface area contributed by atoms with Crippen LogP contribution in [0, 0.1) is 0 Å². The summed E-state index contributed by atoms with van der Waals surface area (Å²) in [5.41, 5.74) is 0. The van der Waals surface area contributed by atoms with Crippen LogP contribution in [0.2, 0.25) is 0 Å². The van der Waals surface area contributed by atoms with Gasteiger partial charge in [-0.2, -0.15) is 0 Å². The Balaban J connectivity index is 2.20. The van der Waals surface area contributed by atoms with Gasteiger partial charge in [-0.1, -0.05) is 6.92 Å². The third kappa shape index (κ3) is 3.72. The fraction of sp³-hybridized carbons (Fsp3) is 0.818. The summed E-state index contributed by atoms with van der Waals surface area (Å²) < 4.78 is 5.06. The lowest BCUT2D eigenvalue weighted by Crippen LogP contribution is -2.32. The quantitative estimate of drug-likeness (QED) is 0.767. The molecule has 1 rings (SSSR count). The lowest BCUT2D eigenvalue weighted by atomic mass is 10.1. The van der Waals surface area contributed by atoms with Crippen molar-refractivity contribution in [1.29, 1.82) is 0 Å². The Bertz CT molecular complexity index is 268. The Morgan fingerprint density at radius 1 is 1.69 bits per heavy atom. The van der Waals surface area contributed by atoms with Gasteiger partial charge in [0.25, 0.3) is 0 Å². The number of hydrogen-bond acceptors (Lipinski definition) is 3. The van der Waals surface area contributed by atoms with Crippen molar-refractivity contribution >= 4 is 12.0 Å². The zero-order valence-electron chi connectivity index (χ0n) is 10.2. The van der Waals surface area contributed by atoms with Gasteiger partial charge in [-0.05, 0) is 19.8 Å². The number of carbonyl (C=O) groups excluding carboxylic acids is 2. The topological polar surface area (TPSA) is 58.6 Å². The predicted octanol–water partition coefficient (Wildman–Crippen LogP) is 1.13. The first kappa shape index (κ1) is 12.8. The Hall–Kier alpha value is -1.26. The molecule has 0 radical (unpaired) electrons. The number of rotatable bonds is 5. The molecule has 0 spiro atoms.